The summed E-state index contributed by atoms with van der Waals surface area (Å²) in [6.07, 6.45) is 0.338. The van der Waals surface area contributed by atoms with Crippen molar-refractivity contribution in [3.8, 4) is 11.5 Å². The van der Waals surface area contributed by atoms with Crippen molar-refractivity contribution < 1.29 is 24.3 Å². The quantitative estimate of drug-likeness (QED) is 0.670. The average molecular weight is 388 g/mol. The molecule has 8 nitrogen and oxygen atoms in total. The number of methoxy groups -OCH3 is 1. The minimum Gasteiger partial charge on any atom is -0.534 e. The molecule has 24 heavy (non-hydrogen) atoms. The number of rotatable bonds is 4. The molecule has 126 valence electrons. The van der Waals surface area contributed by atoms with Crippen LogP contribution in [-0.4, -0.2) is 45.7 Å². The lowest BCUT2D eigenvalue weighted by molar-refractivity contribution is 0.0690. The summed E-state index contributed by atoms with van der Waals surface area (Å²) in [5, 5.41) is 27.4. The van der Waals surface area contributed by atoms with Crippen LogP contribution in [0.4, 0.5) is 5.13 Å². The van der Waals surface area contributed by atoms with Gasteiger partial charge in [-0.15, -0.1) is 10.2 Å². The smallest absolute Gasteiger partial charge is 0.534 e. The molecule has 0 unspecified atom stereocenters. The largest absolute Gasteiger partial charge is 0.537 e. The average Bonchev–Trinajstić information content (AvgIpc) is 2.92. The van der Waals surface area contributed by atoms with Crippen molar-refractivity contribution in [1.82, 2.24) is 10.2 Å². The van der Waals surface area contributed by atoms with Gasteiger partial charge in [0.15, 0.2) is 10.1 Å². The molecule has 0 saturated heterocycles. The van der Waals surface area contributed by atoms with Crippen LogP contribution in [0.3, 0.4) is 0 Å². The van der Waals surface area contributed by atoms with E-state index in [0.717, 1.165) is 0 Å². The summed E-state index contributed by atoms with van der Waals surface area (Å²) in [5.74, 6) is -1.19. The van der Waals surface area contributed by atoms with Gasteiger partial charge in [-0.3, -0.25) is 0 Å². The molecule has 0 bridgehead atoms. The minimum absolute atomic E-state index is 0.00174. The Hall–Kier alpha value is -1.69. The summed E-state index contributed by atoms with van der Waals surface area (Å²) in [5.41, 5.74) is 5.90. The molecule has 0 amide bonds. The van der Waals surface area contributed by atoms with Gasteiger partial charge in [0.1, 0.15) is 11.3 Å². The second-order valence-corrected chi connectivity index (χ2v) is 7.74. The zero-order valence-electron chi connectivity index (χ0n) is 12.2. The van der Waals surface area contributed by atoms with Gasteiger partial charge in [-0.05, 0) is 18.1 Å². The Morgan fingerprint density at radius 1 is 1.62 bits per heavy atom. The summed E-state index contributed by atoms with van der Waals surface area (Å²) < 4.78 is 11.1. The Kier molecular flexibility index (Phi) is 4.77. The van der Waals surface area contributed by atoms with Gasteiger partial charge in [0, 0.05) is 0 Å². The van der Waals surface area contributed by atoms with Crippen LogP contribution in [0.15, 0.2) is 10.4 Å². The van der Waals surface area contributed by atoms with E-state index in [1.165, 1.54) is 30.2 Å². The van der Waals surface area contributed by atoms with Gasteiger partial charge in [0.2, 0.25) is 5.13 Å². The van der Waals surface area contributed by atoms with Crippen LogP contribution in [0.1, 0.15) is 15.9 Å². The predicted molar refractivity (Wildman–Crippen MR) is 91.2 cm³/mol. The van der Waals surface area contributed by atoms with Crippen LogP contribution in [0.5, 0.6) is 11.5 Å². The number of benzene rings is 1. The van der Waals surface area contributed by atoms with Gasteiger partial charge >= 0.3 is 13.1 Å². The van der Waals surface area contributed by atoms with Crippen molar-refractivity contribution in [2.45, 2.75) is 15.9 Å². The molecule has 2 heterocycles. The first kappa shape index (κ1) is 17.1. The highest BCUT2D eigenvalue weighted by Crippen LogP contribution is 2.43. The van der Waals surface area contributed by atoms with E-state index in [-0.39, 0.29) is 22.1 Å². The van der Waals surface area contributed by atoms with E-state index in [1.54, 1.807) is 6.07 Å². The molecule has 1 aromatic heterocycles. The fourth-order valence-electron chi connectivity index (χ4n) is 2.36. The first-order chi connectivity index (χ1) is 11.4. The first-order valence-corrected chi connectivity index (χ1v) is 8.71. The topological polar surface area (TPSA) is 128 Å². The normalized spacial score (nSPS) is 16.5. The summed E-state index contributed by atoms with van der Waals surface area (Å²) in [6, 6.07) is 1.58. The van der Waals surface area contributed by atoms with Crippen LogP contribution in [-0.2, 0) is 6.42 Å². The third-order valence-electron chi connectivity index (χ3n) is 3.33. The zero-order chi connectivity index (χ0) is 17.4. The van der Waals surface area contributed by atoms with Crippen molar-refractivity contribution >= 4 is 52.9 Å². The molecule has 12 heteroatoms. The number of nitrogen functional groups attached to an aromatic ring is 1. The van der Waals surface area contributed by atoms with E-state index in [4.69, 9.17) is 26.7 Å². The van der Waals surface area contributed by atoms with Crippen LogP contribution in [0.25, 0.3) is 0 Å². The maximum absolute atomic E-state index is 11.6. The minimum atomic E-state index is -1.25. The van der Waals surface area contributed by atoms with Gasteiger partial charge < -0.3 is 25.3 Å². The summed E-state index contributed by atoms with van der Waals surface area (Å²) in [4.78, 5) is 11.6. The van der Waals surface area contributed by atoms with Crippen LogP contribution in [0, 0.1) is 0 Å². The van der Waals surface area contributed by atoms with Crippen molar-refractivity contribution in [2.24, 2.45) is 0 Å². The maximum Gasteiger partial charge on any atom is 0.537 e. The Morgan fingerprint density at radius 3 is 2.96 bits per heavy atom. The van der Waals surface area contributed by atoms with Gasteiger partial charge in [-0.2, -0.15) is 0 Å². The Labute approximate surface area is 150 Å². The summed E-state index contributed by atoms with van der Waals surface area (Å²) >= 11 is 8.56. The molecule has 0 spiro atoms. The SMILES string of the molecule is COc1c(Cl)cc2c(c1C(=O)O)OB(O)[C@@H](Sc1nnc(N)s1)C2. The molecular weight excluding hydrogens is 377 g/mol. The molecule has 0 aliphatic carbocycles. The number of halogens is 1. The van der Waals surface area contributed by atoms with E-state index >= 15 is 0 Å². The predicted octanol–water partition coefficient (Wildman–Crippen LogP) is 1.60. The third kappa shape index (κ3) is 3.12. The first-order valence-electron chi connectivity index (χ1n) is 6.63. The number of anilines is 1. The fraction of sp³-hybridized carbons (Fsp3) is 0.250. The molecular formula is C12H11BClN3O5S2. The molecule has 0 saturated carbocycles. The molecule has 0 radical (unpaired) electrons. The molecule has 4 N–H and O–H groups in total. The van der Waals surface area contributed by atoms with Crippen molar-refractivity contribution in [1.29, 1.82) is 0 Å². The number of ether oxygens (including phenoxy) is 1. The van der Waals surface area contributed by atoms with Crippen LogP contribution < -0.4 is 15.1 Å². The number of aromatic carboxylic acids is 1. The molecule has 1 atom stereocenters. The molecule has 1 aliphatic heterocycles. The number of nitrogens with zero attached hydrogens (tertiary/aromatic N) is 2. The Bertz CT molecular complexity index is 805. The molecule has 2 aromatic rings. The number of hydrogen-bond donors (Lipinski definition) is 3. The lowest BCUT2D eigenvalue weighted by atomic mass is 9.77. The lowest BCUT2D eigenvalue weighted by Gasteiger charge is -2.28. The lowest BCUT2D eigenvalue weighted by Crippen LogP contribution is -2.40. The number of nitrogens with two attached hydrogens (primary N) is 1. The van der Waals surface area contributed by atoms with Gasteiger partial charge in [0.25, 0.3) is 0 Å². The Balaban J connectivity index is 1.96. The van der Waals surface area contributed by atoms with Crippen molar-refractivity contribution in [2.75, 3.05) is 12.8 Å². The Morgan fingerprint density at radius 2 is 2.38 bits per heavy atom. The molecule has 3 rings (SSSR count). The highest BCUT2D eigenvalue weighted by Gasteiger charge is 2.40. The highest BCUT2D eigenvalue weighted by atomic mass is 35.5. The summed E-state index contributed by atoms with van der Waals surface area (Å²) in [6.45, 7) is 0. The van der Waals surface area contributed by atoms with Gasteiger partial charge in [-0.25, -0.2) is 4.79 Å². The fourth-order valence-corrected chi connectivity index (χ4v) is 4.61. The highest BCUT2D eigenvalue weighted by molar-refractivity contribution is 8.02. The van der Waals surface area contributed by atoms with E-state index < -0.39 is 18.2 Å². The zero-order valence-corrected chi connectivity index (χ0v) is 14.6. The number of thioether (sulfide) groups is 1. The number of carboxylic acid groups (broad SMARTS) is 1. The van der Waals surface area contributed by atoms with Crippen LogP contribution >= 0.6 is 34.7 Å². The van der Waals surface area contributed by atoms with E-state index in [0.29, 0.717) is 21.5 Å². The molecule has 1 aromatic carbocycles. The maximum atomic E-state index is 11.6. The van der Waals surface area contributed by atoms with Crippen LogP contribution in [0.2, 0.25) is 5.02 Å². The second kappa shape index (κ2) is 6.67. The number of carboxylic acids is 1. The molecule has 1 aliphatic rings. The number of hydrogen-bond acceptors (Lipinski definition) is 9. The van der Waals surface area contributed by atoms with Crippen molar-refractivity contribution in [3.05, 3.63) is 22.2 Å². The second-order valence-electron chi connectivity index (χ2n) is 4.84. The van der Waals surface area contributed by atoms with E-state index in [1.807, 2.05) is 0 Å². The summed E-state index contributed by atoms with van der Waals surface area (Å²) in [7, 11) is 0.0919. The monoisotopic (exact) mass is 387 g/mol. The number of carbonyl (C=O) groups is 1. The number of fused-ring (bicyclic) bond motifs is 1. The van der Waals surface area contributed by atoms with Gasteiger partial charge in [0.05, 0.1) is 17.3 Å². The number of aromatic nitrogens is 2. The van der Waals surface area contributed by atoms with Gasteiger partial charge in [-0.1, -0.05) is 34.7 Å². The standard InChI is InChI=1S/C12H11BClN3O5S2/c1-21-9-5(14)2-4-3-6(23-12-17-16-11(15)24-12)13(20)22-8(4)7(9)10(18)19/h2,6,20H,3H2,1H3,(H2,15,16)(H,18,19)/t6-/m0/s1. The van der Waals surface area contributed by atoms with E-state index in [2.05, 4.69) is 10.2 Å². The van der Waals surface area contributed by atoms with Crippen molar-refractivity contribution in [3.63, 3.8) is 0 Å². The van der Waals surface area contributed by atoms with E-state index in [9.17, 15) is 14.9 Å². The molecule has 0 fully saturated rings. The third-order valence-corrected chi connectivity index (χ3v) is 5.69.